The predicted molar refractivity (Wildman–Crippen MR) is 82.3 cm³/mol. The van der Waals surface area contributed by atoms with E-state index in [1.54, 1.807) is 18.9 Å². The van der Waals surface area contributed by atoms with Gasteiger partial charge in [0.25, 0.3) is 5.89 Å². The SMILES string of the molecule is COc1ccccc1-c1nnc(CSc2ccccc2)o1. The molecule has 3 rings (SSSR count). The number of ether oxygens (including phenoxy) is 1. The predicted octanol–water partition coefficient (Wildman–Crippen LogP) is 4.04. The van der Waals surface area contributed by atoms with Crippen LogP contribution >= 0.6 is 11.8 Å². The van der Waals surface area contributed by atoms with Gasteiger partial charge < -0.3 is 9.15 Å². The van der Waals surface area contributed by atoms with Crippen molar-refractivity contribution in [3.05, 3.63) is 60.5 Å². The molecular formula is C16H14N2O2S. The Morgan fingerprint density at radius 1 is 1.00 bits per heavy atom. The second-order valence-electron chi connectivity index (χ2n) is 4.30. The van der Waals surface area contributed by atoms with Crippen LogP contribution in [0.2, 0.25) is 0 Å². The van der Waals surface area contributed by atoms with Crippen molar-refractivity contribution >= 4 is 11.8 Å². The molecule has 5 heteroatoms. The molecule has 0 unspecified atom stereocenters. The van der Waals surface area contributed by atoms with Gasteiger partial charge in [-0.1, -0.05) is 30.3 Å². The van der Waals surface area contributed by atoms with Gasteiger partial charge in [-0.3, -0.25) is 0 Å². The van der Waals surface area contributed by atoms with E-state index in [2.05, 4.69) is 22.3 Å². The molecule has 0 saturated carbocycles. The molecule has 1 aromatic heterocycles. The fourth-order valence-corrected chi connectivity index (χ4v) is 2.66. The number of para-hydroxylation sites is 1. The Hall–Kier alpha value is -2.27. The van der Waals surface area contributed by atoms with Crippen LogP contribution in [0, 0.1) is 0 Å². The second-order valence-corrected chi connectivity index (χ2v) is 5.35. The summed E-state index contributed by atoms with van der Waals surface area (Å²) in [6.07, 6.45) is 0. The Morgan fingerprint density at radius 3 is 2.57 bits per heavy atom. The van der Waals surface area contributed by atoms with E-state index in [0.29, 0.717) is 17.5 Å². The summed E-state index contributed by atoms with van der Waals surface area (Å²) < 4.78 is 11.0. The van der Waals surface area contributed by atoms with Gasteiger partial charge >= 0.3 is 0 Å². The zero-order chi connectivity index (χ0) is 14.5. The van der Waals surface area contributed by atoms with Gasteiger partial charge in [0.1, 0.15) is 5.75 Å². The quantitative estimate of drug-likeness (QED) is 0.665. The van der Waals surface area contributed by atoms with Crippen molar-refractivity contribution in [2.75, 3.05) is 7.11 Å². The van der Waals surface area contributed by atoms with E-state index in [4.69, 9.17) is 9.15 Å². The molecule has 0 bridgehead atoms. The van der Waals surface area contributed by atoms with Crippen LogP contribution in [0.3, 0.4) is 0 Å². The van der Waals surface area contributed by atoms with E-state index in [0.717, 1.165) is 11.3 Å². The summed E-state index contributed by atoms with van der Waals surface area (Å²) in [5.74, 6) is 2.45. The number of nitrogens with zero attached hydrogens (tertiary/aromatic N) is 2. The van der Waals surface area contributed by atoms with Gasteiger partial charge in [0.2, 0.25) is 5.89 Å². The molecule has 0 N–H and O–H groups in total. The van der Waals surface area contributed by atoms with Crippen molar-refractivity contribution in [3.8, 4) is 17.2 Å². The van der Waals surface area contributed by atoms with E-state index in [1.165, 1.54) is 4.90 Å². The summed E-state index contributed by atoms with van der Waals surface area (Å²) in [5, 5.41) is 8.19. The van der Waals surface area contributed by atoms with Gasteiger partial charge in [-0.2, -0.15) is 0 Å². The maximum atomic E-state index is 5.71. The lowest BCUT2D eigenvalue weighted by atomic mass is 10.2. The van der Waals surface area contributed by atoms with E-state index >= 15 is 0 Å². The van der Waals surface area contributed by atoms with Gasteiger partial charge in [-0.05, 0) is 24.3 Å². The molecule has 0 radical (unpaired) electrons. The first-order valence-electron chi connectivity index (χ1n) is 6.50. The van der Waals surface area contributed by atoms with Crippen LogP contribution in [0.25, 0.3) is 11.5 Å². The molecule has 2 aromatic carbocycles. The lowest BCUT2D eigenvalue weighted by molar-refractivity contribution is 0.414. The summed E-state index contributed by atoms with van der Waals surface area (Å²) in [4.78, 5) is 1.18. The van der Waals surface area contributed by atoms with Gasteiger partial charge in [0, 0.05) is 4.90 Å². The van der Waals surface area contributed by atoms with Gasteiger partial charge in [0.15, 0.2) is 0 Å². The second kappa shape index (κ2) is 6.45. The third-order valence-corrected chi connectivity index (χ3v) is 3.91. The summed E-state index contributed by atoms with van der Waals surface area (Å²) in [6, 6.07) is 17.7. The fourth-order valence-electron chi connectivity index (χ4n) is 1.90. The summed E-state index contributed by atoms with van der Waals surface area (Å²) in [5.41, 5.74) is 0.809. The van der Waals surface area contributed by atoms with Crippen molar-refractivity contribution < 1.29 is 9.15 Å². The number of hydrogen-bond acceptors (Lipinski definition) is 5. The minimum atomic E-state index is 0.483. The zero-order valence-corrected chi connectivity index (χ0v) is 12.3. The first-order chi connectivity index (χ1) is 10.4. The minimum absolute atomic E-state index is 0.483. The molecule has 0 amide bonds. The molecule has 0 atom stereocenters. The minimum Gasteiger partial charge on any atom is -0.496 e. The largest absolute Gasteiger partial charge is 0.496 e. The number of thioether (sulfide) groups is 1. The number of methoxy groups -OCH3 is 1. The first kappa shape index (κ1) is 13.7. The Morgan fingerprint density at radius 2 is 1.76 bits per heavy atom. The number of aromatic nitrogens is 2. The van der Waals surface area contributed by atoms with Crippen LogP contribution in [-0.2, 0) is 5.75 Å². The zero-order valence-electron chi connectivity index (χ0n) is 11.5. The Bertz CT molecular complexity index is 713. The highest BCUT2D eigenvalue weighted by Gasteiger charge is 2.12. The van der Waals surface area contributed by atoms with E-state index < -0.39 is 0 Å². The highest BCUT2D eigenvalue weighted by Crippen LogP contribution is 2.29. The highest BCUT2D eigenvalue weighted by atomic mass is 32.2. The van der Waals surface area contributed by atoms with Crippen molar-refractivity contribution in [1.82, 2.24) is 10.2 Å². The van der Waals surface area contributed by atoms with Crippen molar-refractivity contribution in [2.45, 2.75) is 10.6 Å². The van der Waals surface area contributed by atoms with E-state index in [1.807, 2.05) is 42.5 Å². The molecule has 0 spiro atoms. The van der Waals surface area contributed by atoms with Crippen LogP contribution in [-0.4, -0.2) is 17.3 Å². The standard InChI is InChI=1S/C16H14N2O2S/c1-19-14-10-6-5-9-13(14)16-18-17-15(20-16)11-21-12-7-3-2-4-8-12/h2-10H,11H2,1H3. The average molecular weight is 298 g/mol. The molecule has 3 aromatic rings. The van der Waals surface area contributed by atoms with Crippen LogP contribution in [0.4, 0.5) is 0 Å². The summed E-state index contributed by atoms with van der Waals surface area (Å²) in [7, 11) is 1.63. The lowest BCUT2D eigenvalue weighted by Gasteiger charge is -2.03. The molecule has 0 saturated heterocycles. The molecule has 0 fully saturated rings. The normalized spacial score (nSPS) is 10.5. The molecule has 0 aliphatic carbocycles. The van der Waals surface area contributed by atoms with E-state index in [9.17, 15) is 0 Å². The molecule has 106 valence electrons. The summed E-state index contributed by atoms with van der Waals surface area (Å²) >= 11 is 1.66. The molecular weight excluding hydrogens is 284 g/mol. The van der Waals surface area contributed by atoms with Crippen LogP contribution in [0.1, 0.15) is 5.89 Å². The third kappa shape index (κ3) is 3.25. The van der Waals surface area contributed by atoms with Gasteiger partial charge in [0.05, 0.1) is 18.4 Å². The average Bonchev–Trinajstić information content (AvgIpc) is 3.02. The maximum Gasteiger partial charge on any atom is 0.251 e. The van der Waals surface area contributed by atoms with Crippen molar-refractivity contribution in [3.63, 3.8) is 0 Å². The molecule has 21 heavy (non-hydrogen) atoms. The van der Waals surface area contributed by atoms with Crippen LogP contribution in [0.15, 0.2) is 63.9 Å². The van der Waals surface area contributed by atoms with Crippen molar-refractivity contribution in [2.24, 2.45) is 0 Å². The first-order valence-corrected chi connectivity index (χ1v) is 7.49. The molecule has 0 aliphatic heterocycles. The van der Waals surface area contributed by atoms with Gasteiger partial charge in [-0.15, -0.1) is 22.0 Å². The number of rotatable bonds is 5. The maximum absolute atomic E-state index is 5.71. The monoisotopic (exact) mass is 298 g/mol. The molecule has 0 aliphatic rings. The highest BCUT2D eigenvalue weighted by molar-refractivity contribution is 7.98. The Kier molecular flexibility index (Phi) is 4.21. The Balaban J connectivity index is 1.74. The van der Waals surface area contributed by atoms with Crippen molar-refractivity contribution in [1.29, 1.82) is 0 Å². The smallest absolute Gasteiger partial charge is 0.251 e. The topological polar surface area (TPSA) is 48.2 Å². The van der Waals surface area contributed by atoms with Crippen LogP contribution in [0.5, 0.6) is 5.75 Å². The molecule has 1 heterocycles. The van der Waals surface area contributed by atoms with E-state index in [-0.39, 0.29) is 0 Å². The number of benzene rings is 2. The third-order valence-electron chi connectivity index (χ3n) is 2.91. The summed E-state index contributed by atoms with van der Waals surface area (Å²) in [6.45, 7) is 0. The molecule has 4 nitrogen and oxygen atoms in total. The van der Waals surface area contributed by atoms with Gasteiger partial charge in [-0.25, -0.2) is 0 Å². The number of hydrogen-bond donors (Lipinski definition) is 0. The fraction of sp³-hybridized carbons (Fsp3) is 0.125. The van der Waals surface area contributed by atoms with Crippen LogP contribution < -0.4 is 4.74 Å². The lowest BCUT2D eigenvalue weighted by Crippen LogP contribution is -1.87. The Labute approximate surface area is 127 Å².